The quantitative estimate of drug-likeness (QED) is 0.550. The van der Waals surface area contributed by atoms with E-state index in [0.29, 0.717) is 0 Å². The number of methoxy groups -OCH3 is 1. The topological polar surface area (TPSA) is 69.4 Å². The van der Waals surface area contributed by atoms with E-state index in [2.05, 4.69) is 14.4 Å². The number of nitrogens with zero attached hydrogens (tertiary/aromatic N) is 1. The normalized spacial score (nSPS) is 11.2. The Bertz CT molecular complexity index is 386. The van der Waals surface area contributed by atoms with Crippen LogP contribution in [-0.2, 0) is 4.74 Å². The Kier molecular flexibility index (Phi) is 2.93. The molecule has 82 valence electrons. The minimum absolute atomic E-state index is 0.141. The Hall–Kier alpha value is -1.65. The van der Waals surface area contributed by atoms with Crippen LogP contribution in [0.1, 0.15) is 41.7 Å². The van der Waals surface area contributed by atoms with E-state index < -0.39 is 11.4 Å². The molecule has 0 unspecified atom stereocenters. The lowest BCUT2D eigenvalue weighted by atomic mass is 9.87. The summed E-state index contributed by atoms with van der Waals surface area (Å²) < 4.78 is 9.16. The van der Waals surface area contributed by atoms with E-state index in [4.69, 9.17) is 0 Å². The molecule has 1 aromatic rings. The smallest absolute Gasteiger partial charge is 0.377 e. The summed E-state index contributed by atoms with van der Waals surface area (Å²) in [5.41, 5.74) is -0.428. The fraction of sp³-hybridized carbons (Fsp3) is 0.500. The molecule has 0 aliphatic heterocycles. The number of Topliss-reactive ketones (excluding diaryl/α,β-unsaturated/α-hetero) is 1. The van der Waals surface area contributed by atoms with Crippen molar-refractivity contribution < 1.29 is 18.8 Å². The summed E-state index contributed by atoms with van der Waals surface area (Å²) in [6, 6.07) is 0. The molecule has 1 aromatic heterocycles. The summed E-state index contributed by atoms with van der Waals surface area (Å²) in [4.78, 5) is 23.1. The Balaban J connectivity index is 3.11. The largest absolute Gasteiger partial charge is 0.463 e. The molecule has 0 amide bonds. The number of hydrogen-bond acceptors (Lipinski definition) is 5. The third-order valence-corrected chi connectivity index (χ3v) is 1.87. The fourth-order valence-corrected chi connectivity index (χ4v) is 1.05. The van der Waals surface area contributed by atoms with E-state index in [1.54, 1.807) is 20.8 Å². The zero-order valence-electron chi connectivity index (χ0n) is 9.16. The van der Waals surface area contributed by atoms with Gasteiger partial charge in [-0.25, -0.2) is 4.79 Å². The van der Waals surface area contributed by atoms with Crippen LogP contribution in [0.25, 0.3) is 0 Å². The number of carbonyl (C=O) groups is 2. The van der Waals surface area contributed by atoms with E-state index in [-0.39, 0.29) is 17.1 Å². The molecule has 0 aliphatic carbocycles. The monoisotopic (exact) mass is 211 g/mol. The van der Waals surface area contributed by atoms with Gasteiger partial charge in [0.2, 0.25) is 0 Å². The van der Waals surface area contributed by atoms with Crippen molar-refractivity contribution in [2.45, 2.75) is 20.8 Å². The van der Waals surface area contributed by atoms with Crippen molar-refractivity contribution in [3.8, 4) is 0 Å². The second kappa shape index (κ2) is 3.84. The van der Waals surface area contributed by atoms with Gasteiger partial charge in [-0.15, -0.1) is 0 Å². The molecule has 0 spiro atoms. The van der Waals surface area contributed by atoms with E-state index in [0.717, 1.165) is 0 Å². The number of ketones is 1. The number of hydrogen-bond donors (Lipinski definition) is 0. The zero-order chi connectivity index (χ0) is 11.6. The van der Waals surface area contributed by atoms with Gasteiger partial charge in [-0.3, -0.25) is 4.79 Å². The van der Waals surface area contributed by atoms with Crippen molar-refractivity contribution in [2.24, 2.45) is 5.41 Å². The third-order valence-electron chi connectivity index (χ3n) is 1.87. The molecule has 0 fully saturated rings. The highest BCUT2D eigenvalue weighted by molar-refractivity contribution is 6.06. The van der Waals surface area contributed by atoms with Crippen LogP contribution in [0.3, 0.4) is 0 Å². The molecule has 0 radical (unpaired) electrons. The highest BCUT2D eigenvalue weighted by Crippen LogP contribution is 2.23. The van der Waals surface area contributed by atoms with Crippen molar-refractivity contribution >= 4 is 11.8 Å². The van der Waals surface area contributed by atoms with Gasteiger partial charge >= 0.3 is 5.97 Å². The predicted molar refractivity (Wildman–Crippen MR) is 51.6 cm³/mol. The van der Waals surface area contributed by atoms with Gasteiger partial charge in [-0.05, 0) is 0 Å². The lowest BCUT2D eigenvalue weighted by Crippen LogP contribution is -2.22. The molecule has 15 heavy (non-hydrogen) atoms. The molecule has 0 atom stereocenters. The van der Waals surface area contributed by atoms with Crippen LogP contribution >= 0.6 is 0 Å². The van der Waals surface area contributed by atoms with Crippen molar-refractivity contribution in [2.75, 3.05) is 7.11 Å². The maximum Gasteiger partial charge on any atom is 0.377 e. The number of ether oxygens (including phenoxy) is 1. The maximum absolute atomic E-state index is 11.9. The first-order valence-electron chi connectivity index (χ1n) is 4.45. The first-order chi connectivity index (χ1) is 6.88. The van der Waals surface area contributed by atoms with Crippen LogP contribution in [0, 0.1) is 5.41 Å². The van der Waals surface area contributed by atoms with Crippen LogP contribution in [0.2, 0.25) is 0 Å². The molecule has 0 saturated carbocycles. The fourth-order valence-electron chi connectivity index (χ4n) is 1.05. The van der Waals surface area contributed by atoms with Crippen LogP contribution in [0.5, 0.6) is 0 Å². The molecule has 0 aromatic carbocycles. The highest BCUT2D eigenvalue weighted by Gasteiger charge is 2.30. The van der Waals surface area contributed by atoms with Crippen LogP contribution in [0.15, 0.2) is 10.7 Å². The third kappa shape index (κ3) is 2.23. The van der Waals surface area contributed by atoms with Crippen molar-refractivity contribution in [3.05, 3.63) is 17.5 Å². The molecule has 1 rings (SSSR count). The van der Waals surface area contributed by atoms with Gasteiger partial charge in [0.25, 0.3) is 5.76 Å². The molecule has 0 aliphatic rings. The number of aromatic nitrogens is 1. The van der Waals surface area contributed by atoms with E-state index in [1.165, 1.54) is 13.3 Å². The molecule has 0 bridgehead atoms. The van der Waals surface area contributed by atoms with Gasteiger partial charge in [0.05, 0.1) is 18.9 Å². The minimum atomic E-state index is -0.694. The highest BCUT2D eigenvalue weighted by atomic mass is 16.5. The molecule has 5 heteroatoms. The van der Waals surface area contributed by atoms with E-state index in [9.17, 15) is 9.59 Å². The van der Waals surface area contributed by atoms with Crippen LogP contribution in [0.4, 0.5) is 0 Å². The van der Waals surface area contributed by atoms with Crippen LogP contribution < -0.4 is 0 Å². The van der Waals surface area contributed by atoms with Gasteiger partial charge in [-0.2, -0.15) is 0 Å². The lowest BCUT2D eigenvalue weighted by Gasteiger charge is -2.14. The maximum atomic E-state index is 11.9. The van der Waals surface area contributed by atoms with Crippen molar-refractivity contribution in [1.82, 2.24) is 5.16 Å². The number of esters is 1. The second-order valence-electron chi connectivity index (χ2n) is 4.14. The Labute approximate surface area is 87.4 Å². The number of rotatable bonds is 2. The average Bonchev–Trinajstić information content (AvgIpc) is 2.62. The lowest BCUT2D eigenvalue weighted by molar-refractivity contribution is 0.0548. The van der Waals surface area contributed by atoms with Gasteiger partial charge < -0.3 is 9.26 Å². The van der Waals surface area contributed by atoms with E-state index in [1.807, 2.05) is 0 Å². The average molecular weight is 211 g/mol. The molecular formula is C10H13NO4. The first-order valence-corrected chi connectivity index (χ1v) is 4.45. The first kappa shape index (κ1) is 11.4. The second-order valence-corrected chi connectivity index (χ2v) is 4.14. The Morgan fingerprint density at radius 1 is 1.40 bits per heavy atom. The summed E-state index contributed by atoms with van der Waals surface area (Å²) in [7, 11) is 1.22. The summed E-state index contributed by atoms with van der Waals surface area (Å²) in [6.45, 7) is 5.26. The summed E-state index contributed by atoms with van der Waals surface area (Å²) in [5.74, 6) is -1.04. The minimum Gasteiger partial charge on any atom is -0.463 e. The van der Waals surface area contributed by atoms with Crippen molar-refractivity contribution in [1.29, 1.82) is 0 Å². The summed E-state index contributed by atoms with van der Waals surface area (Å²) in [5, 5.41) is 3.43. The number of carbonyl (C=O) groups excluding carboxylic acids is 2. The van der Waals surface area contributed by atoms with Crippen LogP contribution in [-0.4, -0.2) is 24.0 Å². The standard InChI is InChI=1S/C10H13NO4/c1-10(2,3)8(12)6-5-11-15-7(6)9(13)14-4/h5H,1-4H3. The summed E-state index contributed by atoms with van der Waals surface area (Å²) in [6.07, 6.45) is 1.24. The van der Waals surface area contributed by atoms with Crippen molar-refractivity contribution in [3.63, 3.8) is 0 Å². The SMILES string of the molecule is COC(=O)c1oncc1C(=O)C(C)(C)C. The summed E-state index contributed by atoms with van der Waals surface area (Å²) >= 11 is 0. The van der Waals surface area contributed by atoms with Gasteiger partial charge in [0, 0.05) is 5.41 Å². The molecule has 1 heterocycles. The van der Waals surface area contributed by atoms with E-state index >= 15 is 0 Å². The van der Waals surface area contributed by atoms with Gasteiger partial charge in [0.1, 0.15) is 0 Å². The molecular weight excluding hydrogens is 198 g/mol. The zero-order valence-corrected chi connectivity index (χ0v) is 9.16. The van der Waals surface area contributed by atoms with Gasteiger partial charge in [-0.1, -0.05) is 25.9 Å². The Morgan fingerprint density at radius 3 is 2.47 bits per heavy atom. The molecule has 5 nitrogen and oxygen atoms in total. The Morgan fingerprint density at radius 2 is 2.00 bits per heavy atom. The predicted octanol–water partition coefficient (Wildman–Crippen LogP) is 1.69. The molecule has 0 N–H and O–H groups in total. The van der Waals surface area contributed by atoms with Gasteiger partial charge in [0.15, 0.2) is 5.78 Å². The molecule has 0 saturated heterocycles.